The molecular formula is C20H12ClFN2O2. The third-order valence-corrected chi connectivity index (χ3v) is 3.71. The van der Waals surface area contributed by atoms with Crippen molar-refractivity contribution >= 4 is 29.3 Å². The van der Waals surface area contributed by atoms with Gasteiger partial charge in [-0.3, -0.25) is 4.79 Å². The van der Waals surface area contributed by atoms with Crippen molar-refractivity contribution in [2.45, 2.75) is 0 Å². The van der Waals surface area contributed by atoms with E-state index >= 15 is 0 Å². The fraction of sp³-hybridized carbons (Fsp3) is 0. The Balaban J connectivity index is 1.81. The zero-order chi connectivity index (χ0) is 18.5. The van der Waals surface area contributed by atoms with Crippen molar-refractivity contribution in [2.24, 2.45) is 0 Å². The van der Waals surface area contributed by atoms with Crippen LogP contribution in [-0.4, -0.2) is 5.91 Å². The molecular weight excluding hydrogens is 355 g/mol. The smallest absolute Gasteiger partial charge is 0.266 e. The number of benzene rings is 2. The molecule has 0 bridgehead atoms. The lowest BCUT2D eigenvalue weighted by atomic mass is 10.2. The Hall–Kier alpha value is -3.36. The van der Waals surface area contributed by atoms with Crippen LogP contribution in [0.4, 0.5) is 10.1 Å². The molecule has 26 heavy (non-hydrogen) atoms. The van der Waals surface area contributed by atoms with Crippen LogP contribution in [0, 0.1) is 17.1 Å². The predicted molar refractivity (Wildman–Crippen MR) is 97.8 cm³/mol. The Bertz CT molecular complexity index is 1030. The van der Waals surface area contributed by atoms with Gasteiger partial charge in [-0.1, -0.05) is 29.8 Å². The van der Waals surface area contributed by atoms with Gasteiger partial charge in [0.1, 0.15) is 29.0 Å². The van der Waals surface area contributed by atoms with E-state index < -0.39 is 5.91 Å². The summed E-state index contributed by atoms with van der Waals surface area (Å²) in [4.78, 5) is 12.2. The van der Waals surface area contributed by atoms with Crippen molar-refractivity contribution in [1.29, 1.82) is 5.26 Å². The Morgan fingerprint density at radius 1 is 1.15 bits per heavy atom. The van der Waals surface area contributed by atoms with Crippen LogP contribution >= 0.6 is 11.6 Å². The first-order valence-corrected chi connectivity index (χ1v) is 7.97. The van der Waals surface area contributed by atoms with Gasteiger partial charge in [-0.15, -0.1) is 0 Å². The van der Waals surface area contributed by atoms with Crippen LogP contribution in [0.3, 0.4) is 0 Å². The van der Waals surface area contributed by atoms with Gasteiger partial charge in [0.05, 0.1) is 0 Å². The summed E-state index contributed by atoms with van der Waals surface area (Å²) in [5.41, 5.74) is 0.903. The highest BCUT2D eigenvalue weighted by molar-refractivity contribution is 6.31. The van der Waals surface area contributed by atoms with E-state index in [0.29, 0.717) is 27.8 Å². The summed E-state index contributed by atoms with van der Waals surface area (Å²) in [6.45, 7) is 0. The highest BCUT2D eigenvalue weighted by Crippen LogP contribution is 2.24. The number of anilines is 1. The summed E-state index contributed by atoms with van der Waals surface area (Å²) in [5.74, 6) is -0.224. The molecule has 6 heteroatoms. The van der Waals surface area contributed by atoms with E-state index in [0.717, 1.165) is 0 Å². The molecule has 3 rings (SSSR count). The number of nitriles is 1. The van der Waals surface area contributed by atoms with Crippen molar-refractivity contribution in [3.05, 3.63) is 82.8 Å². The molecule has 1 aromatic heterocycles. The maximum Gasteiger partial charge on any atom is 0.266 e. The van der Waals surface area contributed by atoms with Gasteiger partial charge in [0, 0.05) is 22.3 Å². The first-order valence-electron chi connectivity index (χ1n) is 7.59. The van der Waals surface area contributed by atoms with Crippen molar-refractivity contribution in [3.63, 3.8) is 0 Å². The average molecular weight is 367 g/mol. The maximum absolute atomic E-state index is 13.3. The Morgan fingerprint density at radius 3 is 2.69 bits per heavy atom. The third kappa shape index (κ3) is 4.18. The molecule has 1 N–H and O–H groups in total. The molecule has 0 radical (unpaired) electrons. The minimum absolute atomic E-state index is 0.134. The van der Waals surface area contributed by atoms with Crippen molar-refractivity contribution in [1.82, 2.24) is 0 Å². The van der Waals surface area contributed by atoms with Gasteiger partial charge in [-0.25, -0.2) is 4.39 Å². The van der Waals surface area contributed by atoms with Crippen LogP contribution < -0.4 is 5.32 Å². The van der Waals surface area contributed by atoms with Gasteiger partial charge in [-0.2, -0.15) is 5.26 Å². The lowest BCUT2D eigenvalue weighted by Gasteiger charge is -2.04. The topological polar surface area (TPSA) is 66.0 Å². The van der Waals surface area contributed by atoms with Crippen molar-refractivity contribution in [3.8, 4) is 17.4 Å². The van der Waals surface area contributed by atoms with Crippen LogP contribution in [-0.2, 0) is 4.79 Å². The highest BCUT2D eigenvalue weighted by Gasteiger charge is 2.12. The monoisotopic (exact) mass is 366 g/mol. The number of halogens is 2. The molecule has 1 heterocycles. The number of carbonyl (C=O) groups is 1. The van der Waals surface area contributed by atoms with Gasteiger partial charge in [-0.05, 0) is 42.5 Å². The summed E-state index contributed by atoms with van der Waals surface area (Å²) in [6.07, 6.45) is 1.32. The normalized spacial score (nSPS) is 11.0. The maximum atomic E-state index is 13.3. The highest BCUT2D eigenvalue weighted by atomic mass is 35.5. The zero-order valence-corrected chi connectivity index (χ0v) is 14.1. The van der Waals surface area contributed by atoms with E-state index in [9.17, 15) is 14.4 Å². The van der Waals surface area contributed by atoms with E-state index in [1.54, 1.807) is 48.5 Å². The standard InChI is InChI=1S/C20H12ClFN2O2/c21-15-4-2-6-17(11-15)24-20(25)14(12-23)10-18-7-8-19(26-18)13-3-1-5-16(22)9-13/h1-11H,(H,24,25)/b14-10+. The minimum Gasteiger partial charge on any atom is -0.457 e. The molecule has 0 saturated heterocycles. The Morgan fingerprint density at radius 2 is 1.96 bits per heavy atom. The van der Waals surface area contributed by atoms with E-state index in [2.05, 4.69) is 5.32 Å². The number of rotatable bonds is 4. The molecule has 3 aromatic rings. The largest absolute Gasteiger partial charge is 0.457 e. The predicted octanol–water partition coefficient (Wildman–Crippen LogP) is 5.28. The number of furan rings is 1. The van der Waals surface area contributed by atoms with Gasteiger partial charge in [0.25, 0.3) is 5.91 Å². The number of hydrogen-bond acceptors (Lipinski definition) is 3. The summed E-state index contributed by atoms with van der Waals surface area (Å²) in [5, 5.41) is 12.3. The molecule has 2 aromatic carbocycles. The van der Waals surface area contributed by atoms with Crippen LogP contribution in [0.5, 0.6) is 0 Å². The number of amides is 1. The first kappa shape index (κ1) is 17.5. The molecule has 1 amide bonds. The molecule has 0 aliphatic carbocycles. The zero-order valence-electron chi connectivity index (χ0n) is 13.4. The number of nitrogens with one attached hydrogen (secondary N) is 1. The van der Waals surface area contributed by atoms with E-state index in [-0.39, 0.29) is 11.4 Å². The second-order valence-electron chi connectivity index (χ2n) is 5.35. The second kappa shape index (κ2) is 7.68. The van der Waals surface area contributed by atoms with Crippen molar-refractivity contribution < 1.29 is 13.6 Å². The average Bonchev–Trinajstić information content (AvgIpc) is 3.08. The van der Waals surface area contributed by atoms with Gasteiger partial charge < -0.3 is 9.73 Å². The number of carbonyl (C=O) groups excluding carboxylic acids is 1. The molecule has 0 unspecified atom stereocenters. The summed E-state index contributed by atoms with van der Waals surface area (Å²) in [6, 6.07) is 17.6. The van der Waals surface area contributed by atoms with Crippen LogP contribution in [0.2, 0.25) is 5.02 Å². The van der Waals surface area contributed by atoms with E-state index in [1.165, 1.54) is 18.2 Å². The van der Waals surface area contributed by atoms with E-state index in [1.807, 2.05) is 6.07 Å². The summed E-state index contributed by atoms with van der Waals surface area (Å²) in [7, 11) is 0. The molecule has 0 spiro atoms. The van der Waals surface area contributed by atoms with Crippen LogP contribution in [0.15, 0.2) is 70.7 Å². The summed E-state index contributed by atoms with van der Waals surface area (Å²) >= 11 is 5.87. The Kier molecular flexibility index (Phi) is 5.16. The van der Waals surface area contributed by atoms with Gasteiger partial charge >= 0.3 is 0 Å². The lowest BCUT2D eigenvalue weighted by molar-refractivity contribution is -0.112. The second-order valence-corrected chi connectivity index (χ2v) is 5.78. The van der Waals surface area contributed by atoms with Crippen molar-refractivity contribution in [2.75, 3.05) is 5.32 Å². The van der Waals surface area contributed by atoms with Gasteiger partial charge in [0.15, 0.2) is 0 Å². The molecule has 4 nitrogen and oxygen atoms in total. The molecule has 128 valence electrons. The SMILES string of the molecule is N#C/C(=C\c1ccc(-c2cccc(F)c2)o1)C(=O)Nc1cccc(Cl)c1. The van der Waals surface area contributed by atoms with Gasteiger partial charge in [0.2, 0.25) is 0 Å². The lowest BCUT2D eigenvalue weighted by Crippen LogP contribution is -2.13. The quantitative estimate of drug-likeness (QED) is 0.504. The fourth-order valence-corrected chi connectivity index (χ4v) is 2.47. The van der Waals surface area contributed by atoms with Crippen LogP contribution in [0.25, 0.3) is 17.4 Å². The number of hydrogen-bond donors (Lipinski definition) is 1. The first-order chi connectivity index (χ1) is 12.5. The molecule has 0 aliphatic heterocycles. The number of nitrogens with zero attached hydrogens (tertiary/aromatic N) is 1. The van der Waals surface area contributed by atoms with E-state index in [4.69, 9.17) is 16.0 Å². The molecule has 0 saturated carbocycles. The molecule has 0 fully saturated rings. The molecule has 0 aliphatic rings. The Labute approximate surface area is 154 Å². The van der Waals surface area contributed by atoms with Crippen LogP contribution in [0.1, 0.15) is 5.76 Å². The third-order valence-electron chi connectivity index (χ3n) is 3.47. The summed E-state index contributed by atoms with van der Waals surface area (Å²) < 4.78 is 18.9. The minimum atomic E-state index is -0.585. The fourth-order valence-electron chi connectivity index (χ4n) is 2.28. The molecule has 0 atom stereocenters.